The Hall–Kier alpha value is -3.72. The van der Waals surface area contributed by atoms with Crippen LogP contribution in [0.2, 0.25) is 0 Å². The fourth-order valence-corrected chi connectivity index (χ4v) is 4.14. The van der Waals surface area contributed by atoms with Crippen molar-refractivity contribution in [1.29, 1.82) is 0 Å². The summed E-state index contributed by atoms with van der Waals surface area (Å²) in [5.74, 6) is -2.26. The molecule has 5 nitrogen and oxygen atoms in total. The SMILES string of the molecule is Fc1ccc2nc(-c3cccc(-c4ccc(CN5CCCCC5)cc4)c3)[nH]c2c1.O=C(O)C(F)(F)F. The van der Waals surface area contributed by atoms with Gasteiger partial charge in [-0.3, -0.25) is 4.90 Å². The Kier molecular flexibility index (Phi) is 7.69. The van der Waals surface area contributed by atoms with Gasteiger partial charge in [0.25, 0.3) is 0 Å². The average molecular weight is 500 g/mol. The first-order valence-corrected chi connectivity index (χ1v) is 11.6. The molecule has 2 N–H and O–H groups in total. The largest absolute Gasteiger partial charge is 0.490 e. The van der Waals surface area contributed by atoms with E-state index in [1.807, 2.05) is 12.1 Å². The molecule has 0 aliphatic carbocycles. The summed E-state index contributed by atoms with van der Waals surface area (Å²) in [4.78, 5) is 19.3. The Morgan fingerprint density at radius 1 is 0.917 bits per heavy atom. The molecule has 9 heteroatoms. The second-order valence-electron chi connectivity index (χ2n) is 8.66. The predicted molar refractivity (Wildman–Crippen MR) is 130 cm³/mol. The molecule has 2 heterocycles. The number of aromatic amines is 1. The van der Waals surface area contributed by atoms with Gasteiger partial charge in [0.1, 0.15) is 11.6 Å². The number of nitrogens with one attached hydrogen (secondary N) is 1. The Labute approximate surface area is 205 Å². The van der Waals surface area contributed by atoms with Gasteiger partial charge in [-0.2, -0.15) is 13.2 Å². The zero-order valence-corrected chi connectivity index (χ0v) is 19.4. The van der Waals surface area contributed by atoms with E-state index in [-0.39, 0.29) is 5.82 Å². The van der Waals surface area contributed by atoms with E-state index in [1.165, 1.54) is 55.6 Å². The van der Waals surface area contributed by atoms with E-state index in [0.29, 0.717) is 5.52 Å². The Morgan fingerprint density at radius 3 is 2.25 bits per heavy atom. The lowest BCUT2D eigenvalue weighted by atomic mass is 10.0. The first kappa shape index (κ1) is 25.4. The number of imidazole rings is 1. The molecule has 0 saturated carbocycles. The summed E-state index contributed by atoms with van der Waals surface area (Å²) in [6.07, 6.45) is -1.08. The number of piperidine rings is 1. The molecule has 1 aromatic heterocycles. The number of rotatable bonds is 4. The molecule has 36 heavy (non-hydrogen) atoms. The van der Waals surface area contributed by atoms with Gasteiger partial charge >= 0.3 is 12.1 Å². The van der Waals surface area contributed by atoms with E-state index >= 15 is 0 Å². The third kappa shape index (κ3) is 6.48. The topological polar surface area (TPSA) is 69.2 Å². The van der Waals surface area contributed by atoms with Crippen molar-refractivity contribution < 1.29 is 27.5 Å². The highest BCUT2D eigenvalue weighted by Crippen LogP contribution is 2.27. The van der Waals surface area contributed by atoms with Crippen LogP contribution in [0.25, 0.3) is 33.5 Å². The Bertz CT molecular complexity index is 1330. The van der Waals surface area contributed by atoms with Gasteiger partial charge in [-0.25, -0.2) is 14.2 Å². The predicted octanol–water partition coefficient (Wildman–Crippen LogP) is 6.66. The summed E-state index contributed by atoms with van der Waals surface area (Å²) >= 11 is 0. The van der Waals surface area contributed by atoms with Gasteiger partial charge in [-0.05, 0) is 66.9 Å². The molecule has 0 atom stereocenters. The van der Waals surface area contributed by atoms with Crippen molar-refractivity contribution in [2.24, 2.45) is 0 Å². The maximum Gasteiger partial charge on any atom is 0.490 e. The molecule has 1 aliphatic heterocycles. The van der Waals surface area contributed by atoms with Crippen LogP contribution in [0, 0.1) is 5.82 Å². The van der Waals surface area contributed by atoms with Gasteiger partial charge in [-0.1, -0.05) is 48.9 Å². The number of hydrogen-bond donors (Lipinski definition) is 2. The van der Waals surface area contributed by atoms with E-state index in [2.05, 4.69) is 51.3 Å². The van der Waals surface area contributed by atoms with Crippen molar-refractivity contribution in [3.8, 4) is 22.5 Å². The number of carbonyl (C=O) groups is 1. The van der Waals surface area contributed by atoms with Crippen LogP contribution in [0.3, 0.4) is 0 Å². The highest BCUT2D eigenvalue weighted by Gasteiger charge is 2.38. The molecule has 5 rings (SSSR count). The van der Waals surface area contributed by atoms with E-state index in [4.69, 9.17) is 9.90 Å². The molecule has 0 unspecified atom stereocenters. The number of likely N-dealkylation sites (tertiary alicyclic amines) is 1. The average Bonchev–Trinajstić information content (AvgIpc) is 3.28. The van der Waals surface area contributed by atoms with Gasteiger partial charge in [0.05, 0.1) is 11.0 Å². The number of alkyl halides is 3. The van der Waals surface area contributed by atoms with Crippen molar-refractivity contribution in [3.05, 3.63) is 78.1 Å². The highest BCUT2D eigenvalue weighted by molar-refractivity contribution is 5.80. The Balaban J connectivity index is 0.000000384. The molecule has 1 fully saturated rings. The lowest BCUT2D eigenvalue weighted by Crippen LogP contribution is -2.28. The number of aliphatic carboxylic acids is 1. The lowest BCUT2D eigenvalue weighted by Gasteiger charge is -2.26. The molecule has 0 bridgehead atoms. The van der Waals surface area contributed by atoms with Crippen LogP contribution in [0.15, 0.2) is 66.7 Å². The molecule has 188 valence electrons. The van der Waals surface area contributed by atoms with Gasteiger partial charge in [-0.15, -0.1) is 0 Å². The zero-order valence-electron chi connectivity index (χ0n) is 19.4. The molecule has 0 radical (unpaired) electrons. The van der Waals surface area contributed by atoms with Crippen molar-refractivity contribution in [1.82, 2.24) is 14.9 Å². The molecule has 0 spiro atoms. The number of nitrogens with zero attached hydrogens (tertiary/aromatic N) is 2. The smallest absolute Gasteiger partial charge is 0.475 e. The van der Waals surface area contributed by atoms with Crippen molar-refractivity contribution >= 4 is 17.0 Å². The number of fused-ring (bicyclic) bond motifs is 1. The number of hydrogen-bond acceptors (Lipinski definition) is 3. The van der Waals surface area contributed by atoms with E-state index < -0.39 is 12.1 Å². The molecule has 3 aromatic carbocycles. The second-order valence-corrected chi connectivity index (χ2v) is 8.66. The molecule has 0 amide bonds. The van der Waals surface area contributed by atoms with E-state index in [1.54, 1.807) is 6.07 Å². The van der Waals surface area contributed by atoms with Crippen molar-refractivity contribution in [3.63, 3.8) is 0 Å². The lowest BCUT2D eigenvalue weighted by molar-refractivity contribution is -0.192. The summed E-state index contributed by atoms with van der Waals surface area (Å²) in [6, 6.07) is 21.8. The maximum atomic E-state index is 13.5. The number of aromatic nitrogens is 2. The monoisotopic (exact) mass is 499 g/mol. The standard InChI is InChI=1S/C25H24FN3.C2HF3O2/c26-22-11-12-23-24(16-22)28-25(27-23)21-6-4-5-20(15-21)19-9-7-18(8-10-19)17-29-13-2-1-3-14-29;3-2(4,5)1(6)7/h4-12,15-16H,1-3,13-14,17H2,(H,27,28);(H,6,7). The summed E-state index contributed by atoms with van der Waals surface area (Å²) in [5, 5.41) is 7.12. The van der Waals surface area contributed by atoms with Crippen molar-refractivity contribution in [2.75, 3.05) is 13.1 Å². The molecule has 1 aliphatic rings. The molecular formula is C27H25F4N3O2. The summed E-state index contributed by atoms with van der Waals surface area (Å²) in [6.45, 7) is 3.46. The normalized spacial score (nSPS) is 14.3. The van der Waals surface area contributed by atoms with Crippen LogP contribution in [-0.4, -0.2) is 45.2 Å². The van der Waals surface area contributed by atoms with Crippen LogP contribution < -0.4 is 0 Å². The minimum absolute atomic E-state index is 0.258. The van der Waals surface area contributed by atoms with Crippen LogP contribution in [0.5, 0.6) is 0 Å². The third-order valence-corrected chi connectivity index (χ3v) is 5.96. The number of halogens is 4. The highest BCUT2D eigenvalue weighted by atomic mass is 19.4. The minimum Gasteiger partial charge on any atom is -0.475 e. The third-order valence-electron chi connectivity index (χ3n) is 5.96. The Morgan fingerprint density at radius 2 is 1.58 bits per heavy atom. The maximum absolute atomic E-state index is 13.5. The first-order chi connectivity index (χ1) is 17.2. The second kappa shape index (κ2) is 10.9. The van der Waals surface area contributed by atoms with E-state index in [0.717, 1.165) is 29.0 Å². The molecular weight excluding hydrogens is 474 g/mol. The van der Waals surface area contributed by atoms with Gasteiger partial charge in [0.2, 0.25) is 0 Å². The van der Waals surface area contributed by atoms with Crippen LogP contribution in [0.1, 0.15) is 24.8 Å². The fraction of sp³-hybridized carbons (Fsp3) is 0.259. The number of carboxylic acid groups (broad SMARTS) is 1. The van der Waals surface area contributed by atoms with Crippen LogP contribution in [-0.2, 0) is 11.3 Å². The molecule has 4 aromatic rings. The van der Waals surface area contributed by atoms with Gasteiger partial charge in [0.15, 0.2) is 0 Å². The van der Waals surface area contributed by atoms with E-state index in [9.17, 15) is 17.6 Å². The van der Waals surface area contributed by atoms with Crippen LogP contribution in [0.4, 0.5) is 17.6 Å². The first-order valence-electron chi connectivity index (χ1n) is 11.6. The van der Waals surface area contributed by atoms with Gasteiger partial charge < -0.3 is 10.1 Å². The van der Waals surface area contributed by atoms with Crippen LogP contribution >= 0.6 is 0 Å². The number of carboxylic acids is 1. The number of benzene rings is 3. The fourth-order valence-electron chi connectivity index (χ4n) is 4.14. The summed E-state index contributed by atoms with van der Waals surface area (Å²) < 4.78 is 45.2. The summed E-state index contributed by atoms with van der Waals surface area (Å²) in [7, 11) is 0. The zero-order chi connectivity index (χ0) is 25.7. The summed E-state index contributed by atoms with van der Waals surface area (Å²) in [5.41, 5.74) is 6.19. The quantitative estimate of drug-likeness (QED) is 0.308. The van der Waals surface area contributed by atoms with Crippen molar-refractivity contribution in [2.45, 2.75) is 32.0 Å². The minimum atomic E-state index is -5.08. The number of H-pyrrole nitrogens is 1. The van der Waals surface area contributed by atoms with Gasteiger partial charge in [0, 0.05) is 12.1 Å². The molecule has 1 saturated heterocycles.